The summed E-state index contributed by atoms with van der Waals surface area (Å²) in [6.07, 6.45) is 4.95. The number of hydrogen-bond acceptors (Lipinski definition) is 6. The normalized spacial score (nSPS) is 10.8. The zero-order valence-electron chi connectivity index (χ0n) is 10.7. The van der Waals surface area contributed by atoms with E-state index in [1.807, 2.05) is 0 Å². The first kappa shape index (κ1) is 13.7. The van der Waals surface area contributed by atoms with Crippen molar-refractivity contribution in [2.75, 3.05) is 26.0 Å². The molecule has 1 amide bonds. The summed E-state index contributed by atoms with van der Waals surface area (Å²) in [5.74, 6) is -0.167. The van der Waals surface area contributed by atoms with Gasteiger partial charge in [-0.3, -0.25) is 4.79 Å². The molecule has 6 nitrogen and oxygen atoms in total. The average molecular weight is 280 g/mol. The molecule has 2 rings (SSSR count). The Morgan fingerprint density at radius 3 is 2.95 bits per heavy atom. The number of anilines is 1. The molecular formula is C12H16N4O2S. The quantitative estimate of drug-likeness (QED) is 0.781. The second-order valence-electron chi connectivity index (χ2n) is 4.01. The molecule has 19 heavy (non-hydrogen) atoms. The molecule has 0 spiro atoms. The van der Waals surface area contributed by atoms with Crippen molar-refractivity contribution >= 4 is 33.3 Å². The van der Waals surface area contributed by atoms with Gasteiger partial charge in [-0.15, -0.1) is 11.3 Å². The number of nitrogens with zero attached hydrogens (tertiary/aromatic N) is 2. The molecule has 0 unspecified atom stereocenters. The zero-order valence-corrected chi connectivity index (χ0v) is 11.5. The molecule has 7 heteroatoms. The van der Waals surface area contributed by atoms with Crippen molar-refractivity contribution in [3.63, 3.8) is 0 Å². The van der Waals surface area contributed by atoms with E-state index >= 15 is 0 Å². The molecule has 2 heterocycles. The van der Waals surface area contributed by atoms with Crippen molar-refractivity contribution < 1.29 is 9.53 Å². The van der Waals surface area contributed by atoms with Crippen LogP contribution >= 0.6 is 11.3 Å². The topological polar surface area (TPSA) is 90.1 Å². The first-order chi connectivity index (χ1) is 9.24. The van der Waals surface area contributed by atoms with Gasteiger partial charge in [-0.05, 0) is 12.8 Å². The first-order valence-electron chi connectivity index (χ1n) is 6.00. The number of amides is 1. The van der Waals surface area contributed by atoms with Crippen LogP contribution in [0.1, 0.15) is 22.5 Å². The molecule has 0 fully saturated rings. The van der Waals surface area contributed by atoms with Crippen LogP contribution in [0.4, 0.5) is 5.69 Å². The maximum absolute atomic E-state index is 12.0. The standard InChI is InChI=1S/C12H16N4O2S/c1-18-7-3-2-4-15-11(17)10-8(13)9-12(19-10)16-6-5-14-9/h5-6H,2-4,7,13H2,1H3,(H,15,17). The molecule has 0 radical (unpaired) electrons. The molecule has 0 aliphatic carbocycles. The van der Waals surface area contributed by atoms with Crippen molar-refractivity contribution in [1.82, 2.24) is 15.3 Å². The Balaban J connectivity index is 1.99. The van der Waals surface area contributed by atoms with E-state index in [0.717, 1.165) is 12.8 Å². The van der Waals surface area contributed by atoms with Crippen molar-refractivity contribution in [2.45, 2.75) is 12.8 Å². The number of carbonyl (C=O) groups excluding carboxylic acids is 1. The van der Waals surface area contributed by atoms with E-state index in [1.165, 1.54) is 11.3 Å². The predicted octanol–water partition coefficient (Wildman–Crippen LogP) is 1.43. The Kier molecular flexibility index (Phi) is 4.64. The summed E-state index contributed by atoms with van der Waals surface area (Å²) in [5.41, 5.74) is 6.92. The predicted molar refractivity (Wildman–Crippen MR) is 75.3 cm³/mol. The summed E-state index contributed by atoms with van der Waals surface area (Å²) >= 11 is 1.26. The lowest BCUT2D eigenvalue weighted by atomic mass is 10.3. The van der Waals surface area contributed by atoms with E-state index in [0.29, 0.717) is 34.1 Å². The number of rotatable bonds is 6. The maximum Gasteiger partial charge on any atom is 0.263 e. The Morgan fingerprint density at radius 2 is 2.21 bits per heavy atom. The van der Waals surface area contributed by atoms with Crippen LogP contribution in [0.25, 0.3) is 10.3 Å². The van der Waals surface area contributed by atoms with Gasteiger partial charge in [0.2, 0.25) is 0 Å². The molecule has 0 saturated heterocycles. The Bertz CT molecular complexity index is 570. The molecule has 2 aromatic heterocycles. The van der Waals surface area contributed by atoms with Gasteiger partial charge in [0.15, 0.2) is 0 Å². The van der Waals surface area contributed by atoms with Crippen molar-refractivity contribution in [3.05, 3.63) is 17.3 Å². The highest BCUT2D eigenvalue weighted by Gasteiger charge is 2.17. The van der Waals surface area contributed by atoms with Crippen LogP contribution in [0.5, 0.6) is 0 Å². The van der Waals surface area contributed by atoms with Crippen LogP contribution in [-0.4, -0.2) is 36.1 Å². The third-order valence-electron chi connectivity index (χ3n) is 2.63. The molecule has 3 N–H and O–H groups in total. The number of nitrogen functional groups attached to an aromatic ring is 1. The smallest absolute Gasteiger partial charge is 0.263 e. The number of fused-ring (bicyclic) bond motifs is 1. The molecule has 0 saturated carbocycles. The summed E-state index contributed by atoms with van der Waals surface area (Å²) in [5, 5.41) is 2.84. The van der Waals surface area contributed by atoms with Gasteiger partial charge in [-0.2, -0.15) is 0 Å². The molecule has 0 aromatic carbocycles. The lowest BCUT2D eigenvalue weighted by Crippen LogP contribution is -2.24. The molecule has 0 atom stereocenters. The van der Waals surface area contributed by atoms with E-state index in [9.17, 15) is 4.79 Å². The largest absolute Gasteiger partial charge is 0.396 e. The van der Waals surface area contributed by atoms with E-state index in [1.54, 1.807) is 19.5 Å². The fourth-order valence-electron chi connectivity index (χ4n) is 1.67. The molecule has 102 valence electrons. The molecular weight excluding hydrogens is 264 g/mol. The molecule has 2 aromatic rings. The van der Waals surface area contributed by atoms with Gasteiger partial charge in [0, 0.05) is 32.7 Å². The third-order valence-corrected chi connectivity index (χ3v) is 3.73. The fraction of sp³-hybridized carbons (Fsp3) is 0.417. The van der Waals surface area contributed by atoms with Crippen LogP contribution in [0.3, 0.4) is 0 Å². The van der Waals surface area contributed by atoms with Crippen molar-refractivity contribution in [3.8, 4) is 0 Å². The number of unbranched alkanes of at least 4 members (excludes halogenated alkanes) is 1. The number of thiophene rings is 1. The minimum absolute atomic E-state index is 0.167. The van der Waals surface area contributed by atoms with Gasteiger partial charge in [-0.1, -0.05) is 0 Å². The number of carbonyl (C=O) groups is 1. The van der Waals surface area contributed by atoms with Crippen molar-refractivity contribution in [2.24, 2.45) is 0 Å². The van der Waals surface area contributed by atoms with Gasteiger partial charge in [-0.25, -0.2) is 9.97 Å². The molecule has 0 aliphatic heterocycles. The Morgan fingerprint density at radius 1 is 1.42 bits per heavy atom. The lowest BCUT2D eigenvalue weighted by Gasteiger charge is -2.03. The summed E-state index contributed by atoms with van der Waals surface area (Å²) in [6, 6.07) is 0. The van der Waals surface area contributed by atoms with E-state index in [2.05, 4.69) is 15.3 Å². The number of methoxy groups -OCH3 is 1. The highest BCUT2D eigenvalue weighted by atomic mass is 32.1. The Hall–Kier alpha value is -1.73. The number of hydrogen-bond donors (Lipinski definition) is 2. The number of nitrogens with one attached hydrogen (secondary N) is 1. The van der Waals surface area contributed by atoms with Crippen LogP contribution < -0.4 is 11.1 Å². The van der Waals surface area contributed by atoms with E-state index in [4.69, 9.17) is 10.5 Å². The van der Waals surface area contributed by atoms with E-state index in [-0.39, 0.29) is 5.91 Å². The zero-order chi connectivity index (χ0) is 13.7. The van der Waals surface area contributed by atoms with E-state index < -0.39 is 0 Å². The summed E-state index contributed by atoms with van der Waals surface area (Å²) in [7, 11) is 1.66. The number of aromatic nitrogens is 2. The van der Waals surface area contributed by atoms with Crippen LogP contribution in [0, 0.1) is 0 Å². The van der Waals surface area contributed by atoms with Gasteiger partial charge in [0.05, 0.1) is 5.69 Å². The second kappa shape index (κ2) is 6.44. The summed E-state index contributed by atoms with van der Waals surface area (Å²) in [4.78, 5) is 21.4. The Labute approximate surface area is 115 Å². The lowest BCUT2D eigenvalue weighted by molar-refractivity contribution is 0.0956. The third kappa shape index (κ3) is 3.18. The number of ether oxygens (including phenoxy) is 1. The van der Waals surface area contributed by atoms with Gasteiger partial charge in [0.1, 0.15) is 15.2 Å². The van der Waals surface area contributed by atoms with Crippen LogP contribution in [0.15, 0.2) is 12.4 Å². The summed E-state index contributed by atoms with van der Waals surface area (Å²) < 4.78 is 4.95. The van der Waals surface area contributed by atoms with Crippen LogP contribution in [0.2, 0.25) is 0 Å². The highest BCUT2D eigenvalue weighted by molar-refractivity contribution is 7.21. The minimum Gasteiger partial charge on any atom is -0.396 e. The maximum atomic E-state index is 12.0. The highest BCUT2D eigenvalue weighted by Crippen LogP contribution is 2.30. The van der Waals surface area contributed by atoms with Crippen molar-refractivity contribution in [1.29, 1.82) is 0 Å². The fourth-order valence-corrected chi connectivity index (χ4v) is 2.60. The SMILES string of the molecule is COCCCCNC(=O)c1sc2nccnc2c1N. The van der Waals surface area contributed by atoms with Gasteiger partial charge >= 0.3 is 0 Å². The average Bonchev–Trinajstić information content (AvgIpc) is 2.76. The second-order valence-corrected chi connectivity index (χ2v) is 5.01. The molecule has 0 aliphatic rings. The first-order valence-corrected chi connectivity index (χ1v) is 6.81. The molecule has 0 bridgehead atoms. The minimum atomic E-state index is -0.167. The van der Waals surface area contributed by atoms with Crippen LogP contribution in [-0.2, 0) is 4.74 Å². The summed E-state index contributed by atoms with van der Waals surface area (Å²) in [6.45, 7) is 1.31. The number of nitrogens with two attached hydrogens (primary N) is 1. The van der Waals surface area contributed by atoms with Gasteiger partial charge in [0.25, 0.3) is 5.91 Å². The monoisotopic (exact) mass is 280 g/mol. The van der Waals surface area contributed by atoms with Gasteiger partial charge < -0.3 is 15.8 Å².